The lowest BCUT2D eigenvalue weighted by molar-refractivity contribution is -0.143. The van der Waals surface area contributed by atoms with E-state index in [0.29, 0.717) is 25.5 Å². The van der Waals surface area contributed by atoms with Crippen molar-refractivity contribution in [3.63, 3.8) is 0 Å². The second-order valence-electron chi connectivity index (χ2n) is 4.96. The van der Waals surface area contributed by atoms with E-state index >= 15 is 0 Å². The number of carbonyl (C=O) groups excluding carboxylic acids is 1. The molecule has 1 unspecified atom stereocenters. The maximum absolute atomic E-state index is 11.1. The first kappa shape index (κ1) is 18.4. The third-order valence-corrected chi connectivity index (χ3v) is 3.49. The SMILES string of the molecule is CCOC(=O)CCCCCNCC(O)C(CC)CC. The molecule has 0 aliphatic carbocycles. The Kier molecular flexibility index (Phi) is 12.0. The maximum Gasteiger partial charge on any atom is 0.305 e. The Morgan fingerprint density at radius 1 is 1.16 bits per heavy atom. The molecule has 19 heavy (non-hydrogen) atoms. The smallest absolute Gasteiger partial charge is 0.305 e. The van der Waals surface area contributed by atoms with Crippen molar-refractivity contribution in [2.24, 2.45) is 5.92 Å². The van der Waals surface area contributed by atoms with Gasteiger partial charge in [0, 0.05) is 13.0 Å². The second kappa shape index (κ2) is 12.4. The molecule has 0 aliphatic heterocycles. The molecule has 0 heterocycles. The molecule has 114 valence electrons. The molecule has 4 heteroatoms. The minimum Gasteiger partial charge on any atom is -0.466 e. The van der Waals surface area contributed by atoms with Crippen LogP contribution in [0.4, 0.5) is 0 Å². The molecule has 2 N–H and O–H groups in total. The fourth-order valence-electron chi connectivity index (χ4n) is 2.18. The maximum atomic E-state index is 11.1. The zero-order valence-corrected chi connectivity index (χ0v) is 12.8. The van der Waals surface area contributed by atoms with Crippen LogP contribution in [-0.2, 0) is 9.53 Å². The number of nitrogens with one attached hydrogen (secondary N) is 1. The topological polar surface area (TPSA) is 58.6 Å². The Bertz CT molecular complexity index is 217. The van der Waals surface area contributed by atoms with Crippen molar-refractivity contribution in [1.82, 2.24) is 5.32 Å². The number of ether oxygens (including phenoxy) is 1. The van der Waals surface area contributed by atoms with Crippen LogP contribution in [0.5, 0.6) is 0 Å². The summed E-state index contributed by atoms with van der Waals surface area (Å²) in [6.07, 6.45) is 5.27. The third kappa shape index (κ3) is 9.91. The summed E-state index contributed by atoms with van der Waals surface area (Å²) in [5, 5.41) is 13.2. The molecule has 0 rings (SSSR count). The van der Waals surface area contributed by atoms with Crippen LogP contribution >= 0.6 is 0 Å². The van der Waals surface area contributed by atoms with Crippen molar-refractivity contribution in [2.75, 3.05) is 19.7 Å². The summed E-state index contributed by atoms with van der Waals surface area (Å²) in [6, 6.07) is 0. The van der Waals surface area contributed by atoms with E-state index in [9.17, 15) is 9.90 Å². The summed E-state index contributed by atoms with van der Waals surface area (Å²) in [5.41, 5.74) is 0. The standard InChI is InChI=1S/C15H31NO3/c1-4-13(5-2)14(17)12-16-11-9-7-8-10-15(18)19-6-3/h13-14,16-17H,4-12H2,1-3H3. The van der Waals surface area contributed by atoms with Crippen LogP contribution in [0.3, 0.4) is 0 Å². The zero-order chi connectivity index (χ0) is 14.5. The van der Waals surface area contributed by atoms with Crippen molar-refractivity contribution < 1.29 is 14.6 Å². The van der Waals surface area contributed by atoms with Gasteiger partial charge < -0.3 is 15.2 Å². The van der Waals surface area contributed by atoms with E-state index in [1.54, 1.807) is 0 Å². The van der Waals surface area contributed by atoms with Crippen LogP contribution in [0.2, 0.25) is 0 Å². The second-order valence-corrected chi connectivity index (χ2v) is 4.96. The fourth-order valence-corrected chi connectivity index (χ4v) is 2.18. The summed E-state index contributed by atoms with van der Waals surface area (Å²) < 4.78 is 4.86. The van der Waals surface area contributed by atoms with E-state index < -0.39 is 0 Å². The van der Waals surface area contributed by atoms with E-state index in [0.717, 1.165) is 38.6 Å². The molecular formula is C15H31NO3. The molecule has 0 fully saturated rings. The molecule has 0 bridgehead atoms. The number of esters is 1. The Balaban J connectivity index is 3.38. The number of hydrogen-bond donors (Lipinski definition) is 2. The van der Waals surface area contributed by atoms with Gasteiger partial charge in [-0.2, -0.15) is 0 Å². The van der Waals surface area contributed by atoms with Crippen LogP contribution in [-0.4, -0.2) is 36.9 Å². The van der Waals surface area contributed by atoms with Crippen molar-refractivity contribution in [3.05, 3.63) is 0 Å². The van der Waals surface area contributed by atoms with Gasteiger partial charge in [-0.15, -0.1) is 0 Å². The number of carbonyl (C=O) groups is 1. The van der Waals surface area contributed by atoms with Gasteiger partial charge in [-0.05, 0) is 32.2 Å². The number of hydrogen-bond acceptors (Lipinski definition) is 4. The van der Waals surface area contributed by atoms with Crippen molar-refractivity contribution in [3.8, 4) is 0 Å². The highest BCUT2D eigenvalue weighted by Gasteiger charge is 2.14. The average Bonchev–Trinajstić information content (AvgIpc) is 2.39. The highest BCUT2D eigenvalue weighted by molar-refractivity contribution is 5.69. The Labute approximate surface area is 117 Å². The van der Waals surface area contributed by atoms with Gasteiger partial charge in [-0.25, -0.2) is 0 Å². The van der Waals surface area contributed by atoms with Gasteiger partial charge in [0.25, 0.3) is 0 Å². The van der Waals surface area contributed by atoms with E-state index in [4.69, 9.17) is 4.74 Å². The quantitative estimate of drug-likeness (QED) is 0.424. The molecule has 0 aliphatic rings. The highest BCUT2D eigenvalue weighted by Crippen LogP contribution is 2.12. The van der Waals surface area contributed by atoms with Crippen LogP contribution in [0.1, 0.15) is 59.3 Å². The molecule has 0 saturated heterocycles. The molecule has 1 atom stereocenters. The molecule has 0 aromatic heterocycles. The molecule has 0 aromatic carbocycles. The Hall–Kier alpha value is -0.610. The van der Waals surface area contributed by atoms with Crippen LogP contribution < -0.4 is 5.32 Å². The van der Waals surface area contributed by atoms with E-state index in [1.807, 2.05) is 6.92 Å². The summed E-state index contributed by atoms with van der Waals surface area (Å²) in [7, 11) is 0. The first-order valence-corrected chi connectivity index (χ1v) is 7.70. The normalized spacial score (nSPS) is 12.7. The number of rotatable bonds is 12. The van der Waals surface area contributed by atoms with Crippen molar-refractivity contribution >= 4 is 5.97 Å². The summed E-state index contributed by atoms with van der Waals surface area (Å²) in [5.74, 6) is 0.302. The predicted octanol–water partition coefficient (Wildman–Crippen LogP) is 2.50. The van der Waals surface area contributed by atoms with Crippen LogP contribution in [0.25, 0.3) is 0 Å². The van der Waals surface area contributed by atoms with Gasteiger partial charge in [-0.1, -0.05) is 33.1 Å². The first-order valence-electron chi connectivity index (χ1n) is 7.70. The predicted molar refractivity (Wildman–Crippen MR) is 78.0 cm³/mol. The van der Waals surface area contributed by atoms with Crippen molar-refractivity contribution in [2.45, 2.75) is 65.4 Å². The average molecular weight is 273 g/mol. The highest BCUT2D eigenvalue weighted by atomic mass is 16.5. The number of aliphatic hydroxyl groups is 1. The third-order valence-electron chi connectivity index (χ3n) is 3.49. The number of aliphatic hydroxyl groups excluding tert-OH is 1. The Morgan fingerprint density at radius 3 is 2.42 bits per heavy atom. The lowest BCUT2D eigenvalue weighted by Crippen LogP contribution is -2.33. The van der Waals surface area contributed by atoms with Gasteiger partial charge in [0.1, 0.15) is 0 Å². The van der Waals surface area contributed by atoms with Gasteiger partial charge in [0.05, 0.1) is 12.7 Å². The van der Waals surface area contributed by atoms with Crippen LogP contribution in [0.15, 0.2) is 0 Å². The van der Waals surface area contributed by atoms with Crippen molar-refractivity contribution in [1.29, 1.82) is 0 Å². The Morgan fingerprint density at radius 2 is 1.84 bits per heavy atom. The molecular weight excluding hydrogens is 242 g/mol. The largest absolute Gasteiger partial charge is 0.466 e. The zero-order valence-electron chi connectivity index (χ0n) is 12.8. The molecule has 0 radical (unpaired) electrons. The number of unbranched alkanes of at least 4 members (excludes halogenated alkanes) is 2. The minimum absolute atomic E-state index is 0.0976. The van der Waals surface area contributed by atoms with Gasteiger partial charge in [0.15, 0.2) is 0 Å². The van der Waals surface area contributed by atoms with Gasteiger partial charge >= 0.3 is 5.97 Å². The van der Waals surface area contributed by atoms with E-state index in [1.165, 1.54) is 0 Å². The molecule has 0 spiro atoms. The summed E-state index contributed by atoms with van der Waals surface area (Å²) >= 11 is 0. The lowest BCUT2D eigenvalue weighted by Gasteiger charge is -2.20. The lowest BCUT2D eigenvalue weighted by atomic mass is 9.96. The first-order chi connectivity index (χ1) is 9.15. The van der Waals surface area contributed by atoms with Gasteiger partial charge in [-0.3, -0.25) is 4.79 Å². The molecule has 0 aromatic rings. The van der Waals surface area contributed by atoms with E-state index in [2.05, 4.69) is 19.2 Å². The molecule has 0 saturated carbocycles. The summed E-state index contributed by atoms with van der Waals surface area (Å²) in [6.45, 7) is 8.10. The van der Waals surface area contributed by atoms with Gasteiger partial charge in [0.2, 0.25) is 0 Å². The fraction of sp³-hybridized carbons (Fsp3) is 0.933. The van der Waals surface area contributed by atoms with Crippen LogP contribution in [0, 0.1) is 5.92 Å². The minimum atomic E-state index is -0.241. The molecule has 0 amide bonds. The van der Waals surface area contributed by atoms with E-state index in [-0.39, 0.29) is 12.1 Å². The molecule has 4 nitrogen and oxygen atoms in total. The summed E-state index contributed by atoms with van der Waals surface area (Å²) in [4.78, 5) is 11.1. The monoisotopic (exact) mass is 273 g/mol.